The molecular formula is C56H39NO. The van der Waals surface area contributed by atoms with Crippen LogP contribution in [0.1, 0.15) is 51.8 Å². The predicted octanol–water partition coefficient (Wildman–Crippen LogP) is 14.3. The molecule has 3 aliphatic carbocycles. The molecule has 0 fully saturated rings. The van der Waals surface area contributed by atoms with Crippen LogP contribution in [0.4, 0.5) is 17.1 Å². The van der Waals surface area contributed by atoms with Crippen LogP contribution in [0.15, 0.2) is 222 Å². The number of anilines is 3. The van der Waals surface area contributed by atoms with Crippen LogP contribution in [0.2, 0.25) is 0 Å². The van der Waals surface area contributed by atoms with E-state index in [0.29, 0.717) is 0 Å². The smallest absolute Gasteiger partial charge is 0.135 e. The lowest BCUT2D eigenvalue weighted by molar-refractivity contribution is 0.595. The Hall–Kier alpha value is -7.16. The lowest BCUT2D eigenvalue weighted by Gasteiger charge is -2.51. The standard InChI is InChI=1S/C56H39NO/c1-4-18-38(19-5-1)55(39-20-6-2-7-21-39)48-27-13-15-29-50(48)56(51-30-16-14-28-49(51)55)47-26-12-10-24-43(47)44-34-32-42(37-52(44)56)57(40-22-8-3-9-23-40)41-33-35-54-46(36-41)45-25-11-17-31-53(45)58-54/h1-6,8-20,22-37H,7,21H2. The largest absolute Gasteiger partial charge is 0.456 e. The minimum absolute atomic E-state index is 0.460. The summed E-state index contributed by atoms with van der Waals surface area (Å²) in [5, 5.41) is 2.23. The van der Waals surface area contributed by atoms with E-state index in [1.54, 1.807) is 0 Å². The fourth-order valence-corrected chi connectivity index (χ4v) is 10.9. The molecule has 1 aromatic heterocycles. The molecule has 8 aromatic carbocycles. The summed E-state index contributed by atoms with van der Waals surface area (Å²) in [6.45, 7) is 0. The highest BCUT2D eigenvalue weighted by atomic mass is 16.3. The van der Waals surface area contributed by atoms with Crippen molar-refractivity contribution in [2.24, 2.45) is 0 Å². The normalized spacial score (nSPS) is 18.7. The fraction of sp³-hybridized carbons (Fsp3) is 0.0714. The van der Waals surface area contributed by atoms with Gasteiger partial charge >= 0.3 is 0 Å². The van der Waals surface area contributed by atoms with E-state index >= 15 is 0 Å². The molecule has 0 radical (unpaired) electrons. The van der Waals surface area contributed by atoms with E-state index in [9.17, 15) is 0 Å². The van der Waals surface area contributed by atoms with Gasteiger partial charge in [0.05, 0.1) is 10.8 Å². The molecule has 0 N–H and O–H groups in total. The summed E-state index contributed by atoms with van der Waals surface area (Å²) in [5.74, 6) is 0. The fourth-order valence-electron chi connectivity index (χ4n) is 10.9. The summed E-state index contributed by atoms with van der Waals surface area (Å²) in [7, 11) is 0. The Labute approximate surface area is 338 Å². The minimum Gasteiger partial charge on any atom is -0.456 e. The molecule has 3 aliphatic rings. The Morgan fingerprint density at radius 2 is 0.983 bits per heavy atom. The van der Waals surface area contributed by atoms with Gasteiger partial charge in [0.25, 0.3) is 0 Å². The Kier molecular flexibility index (Phi) is 7.22. The van der Waals surface area contributed by atoms with Crippen molar-refractivity contribution in [2.75, 3.05) is 4.90 Å². The molecule has 274 valence electrons. The van der Waals surface area contributed by atoms with Gasteiger partial charge in [0, 0.05) is 27.8 Å². The quantitative estimate of drug-likeness (QED) is 0.175. The number of fused-ring (bicyclic) bond motifs is 12. The van der Waals surface area contributed by atoms with E-state index in [1.165, 1.54) is 55.6 Å². The van der Waals surface area contributed by atoms with Gasteiger partial charge in [0.1, 0.15) is 11.2 Å². The van der Waals surface area contributed by atoms with Crippen LogP contribution < -0.4 is 4.90 Å². The zero-order chi connectivity index (χ0) is 38.3. The highest BCUT2D eigenvalue weighted by molar-refractivity contribution is 6.06. The average molecular weight is 742 g/mol. The number of hydrogen-bond acceptors (Lipinski definition) is 2. The Morgan fingerprint density at radius 3 is 1.71 bits per heavy atom. The first-order valence-corrected chi connectivity index (χ1v) is 20.4. The van der Waals surface area contributed by atoms with Crippen LogP contribution in [-0.4, -0.2) is 0 Å². The van der Waals surface area contributed by atoms with E-state index in [0.717, 1.165) is 51.8 Å². The molecule has 0 saturated heterocycles. The predicted molar refractivity (Wildman–Crippen MR) is 238 cm³/mol. The average Bonchev–Trinajstić information content (AvgIpc) is 3.81. The van der Waals surface area contributed by atoms with Gasteiger partial charge in [-0.3, -0.25) is 0 Å². The third-order valence-corrected chi connectivity index (χ3v) is 13.1. The van der Waals surface area contributed by atoms with Gasteiger partial charge in [-0.25, -0.2) is 0 Å². The molecule has 0 aliphatic heterocycles. The zero-order valence-electron chi connectivity index (χ0n) is 32.0. The maximum absolute atomic E-state index is 6.30. The van der Waals surface area contributed by atoms with Crippen molar-refractivity contribution < 1.29 is 4.42 Å². The monoisotopic (exact) mass is 741 g/mol. The molecule has 58 heavy (non-hydrogen) atoms. The summed E-state index contributed by atoms with van der Waals surface area (Å²) < 4.78 is 6.30. The maximum atomic E-state index is 6.30. The summed E-state index contributed by atoms with van der Waals surface area (Å²) in [6, 6.07) is 72.0. The lowest BCUT2D eigenvalue weighted by Crippen LogP contribution is -2.45. The Bertz CT molecular complexity index is 3080. The van der Waals surface area contributed by atoms with Crippen molar-refractivity contribution in [1.82, 2.24) is 0 Å². The van der Waals surface area contributed by atoms with Crippen LogP contribution in [0.25, 0.3) is 33.1 Å². The van der Waals surface area contributed by atoms with E-state index < -0.39 is 10.8 Å². The molecule has 9 aromatic rings. The second kappa shape index (κ2) is 12.7. The summed E-state index contributed by atoms with van der Waals surface area (Å²) in [5.41, 5.74) is 17.4. The van der Waals surface area contributed by atoms with Gasteiger partial charge in [-0.2, -0.15) is 0 Å². The van der Waals surface area contributed by atoms with Gasteiger partial charge in [-0.1, -0.05) is 169 Å². The Balaban J connectivity index is 1.17. The molecule has 0 unspecified atom stereocenters. The van der Waals surface area contributed by atoms with Crippen LogP contribution in [0.3, 0.4) is 0 Å². The minimum atomic E-state index is -0.564. The second-order valence-corrected chi connectivity index (χ2v) is 15.8. The van der Waals surface area contributed by atoms with Crippen LogP contribution in [-0.2, 0) is 10.8 Å². The zero-order valence-corrected chi connectivity index (χ0v) is 32.0. The number of allylic oxidation sites excluding steroid dienone is 4. The van der Waals surface area contributed by atoms with Gasteiger partial charge < -0.3 is 9.32 Å². The molecule has 2 nitrogen and oxygen atoms in total. The molecule has 0 bridgehead atoms. The molecule has 1 spiro atoms. The SMILES string of the molecule is C1=CCCC(C2(c3ccccc3)c3ccccc3C3(c4ccccc4-c4ccc(N(c5ccccc5)c5ccc6oc7ccccc7c6c5)cc43)c3ccccc32)=C1. The molecule has 0 atom stereocenters. The number of nitrogens with zero attached hydrogens (tertiary/aromatic N) is 1. The molecule has 0 amide bonds. The summed E-state index contributed by atoms with van der Waals surface area (Å²) in [4.78, 5) is 2.41. The highest BCUT2D eigenvalue weighted by Gasteiger charge is 2.57. The van der Waals surface area contributed by atoms with Gasteiger partial charge in [-0.05, 0) is 111 Å². The summed E-state index contributed by atoms with van der Waals surface area (Å²) in [6.07, 6.45) is 9.00. The van der Waals surface area contributed by atoms with Crippen molar-refractivity contribution in [3.63, 3.8) is 0 Å². The number of hydrogen-bond donors (Lipinski definition) is 0. The third kappa shape index (κ3) is 4.43. The number of furan rings is 1. The molecule has 12 rings (SSSR count). The van der Waals surface area contributed by atoms with Crippen LogP contribution in [0, 0.1) is 0 Å². The van der Waals surface area contributed by atoms with E-state index in [2.05, 4.69) is 211 Å². The van der Waals surface area contributed by atoms with Gasteiger partial charge in [0.2, 0.25) is 0 Å². The molecule has 2 heteroatoms. The summed E-state index contributed by atoms with van der Waals surface area (Å²) >= 11 is 0. The van der Waals surface area contributed by atoms with Gasteiger partial charge in [-0.15, -0.1) is 0 Å². The Morgan fingerprint density at radius 1 is 0.414 bits per heavy atom. The lowest BCUT2D eigenvalue weighted by atomic mass is 9.50. The van der Waals surface area contributed by atoms with Crippen molar-refractivity contribution in [3.05, 3.63) is 257 Å². The molecular weight excluding hydrogens is 703 g/mol. The number of benzene rings is 8. The first kappa shape index (κ1) is 33.0. The van der Waals surface area contributed by atoms with Crippen molar-refractivity contribution >= 4 is 39.0 Å². The van der Waals surface area contributed by atoms with E-state index in [4.69, 9.17) is 4.42 Å². The highest BCUT2D eigenvalue weighted by Crippen LogP contribution is 2.65. The van der Waals surface area contributed by atoms with E-state index in [-0.39, 0.29) is 0 Å². The molecule has 1 heterocycles. The first-order valence-electron chi connectivity index (χ1n) is 20.4. The molecule has 0 saturated carbocycles. The van der Waals surface area contributed by atoms with E-state index in [1.807, 2.05) is 6.07 Å². The number of rotatable bonds is 5. The third-order valence-electron chi connectivity index (χ3n) is 13.1. The van der Waals surface area contributed by atoms with Crippen LogP contribution >= 0.6 is 0 Å². The first-order chi connectivity index (χ1) is 28.8. The van der Waals surface area contributed by atoms with Crippen LogP contribution in [0.5, 0.6) is 0 Å². The van der Waals surface area contributed by atoms with Crippen molar-refractivity contribution in [1.29, 1.82) is 0 Å². The number of para-hydroxylation sites is 2. The maximum Gasteiger partial charge on any atom is 0.135 e. The van der Waals surface area contributed by atoms with Crippen molar-refractivity contribution in [2.45, 2.75) is 23.7 Å². The van der Waals surface area contributed by atoms with Gasteiger partial charge in [0.15, 0.2) is 0 Å². The second-order valence-electron chi connectivity index (χ2n) is 15.8. The topological polar surface area (TPSA) is 16.4 Å². The van der Waals surface area contributed by atoms with Crippen molar-refractivity contribution in [3.8, 4) is 11.1 Å².